The number of aryl methyl sites for hydroxylation is 1. The van der Waals surface area contributed by atoms with E-state index in [4.69, 9.17) is 14.9 Å². The van der Waals surface area contributed by atoms with Crippen LogP contribution in [0, 0.1) is 5.41 Å². The Kier molecular flexibility index (Phi) is 10.1. The van der Waals surface area contributed by atoms with Crippen molar-refractivity contribution in [3.8, 4) is 5.75 Å². The maximum absolute atomic E-state index is 13.4. The van der Waals surface area contributed by atoms with Gasteiger partial charge in [0, 0.05) is 17.5 Å². The van der Waals surface area contributed by atoms with Gasteiger partial charge < -0.3 is 30.3 Å². The van der Waals surface area contributed by atoms with Gasteiger partial charge in [0.1, 0.15) is 11.6 Å². The fourth-order valence-corrected chi connectivity index (χ4v) is 4.01. The molecule has 0 saturated carbocycles. The van der Waals surface area contributed by atoms with Gasteiger partial charge in [-0.2, -0.15) is 0 Å². The number of carbonyl (C=O) groups is 4. The van der Waals surface area contributed by atoms with Crippen molar-refractivity contribution in [3.63, 3.8) is 0 Å². The highest BCUT2D eigenvalue weighted by atomic mass is 16.6. The van der Waals surface area contributed by atoms with Gasteiger partial charge >= 0.3 is 17.8 Å². The number of piperidine rings is 1. The summed E-state index contributed by atoms with van der Waals surface area (Å²) in [5.74, 6) is -3.52. The van der Waals surface area contributed by atoms with Crippen LogP contribution >= 0.6 is 0 Å². The number of rotatable bonds is 11. The first-order chi connectivity index (χ1) is 18.6. The van der Waals surface area contributed by atoms with E-state index >= 15 is 0 Å². The predicted molar refractivity (Wildman–Crippen MR) is 140 cm³/mol. The van der Waals surface area contributed by atoms with E-state index in [-0.39, 0.29) is 42.2 Å². The molecule has 0 aliphatic carbocycles. The number of ether oxygens (including phenoxy) is 2. The Bertz CT molecular complexity index is 1190. The van der Waals surface area contributed by atoms with Crippen LogP contribution in [-0.2, 0) is 25.5 Å². The van der Waals surface area contributed by atoms with Gasteiger partial charge in [0.2, 0.25) is 0 Å². The van der Waals surface area contributed by atoms with Crippen LogP contribution in [-0.4, -0.2) is 71.3 Å². The minimum absolute atomic E-state index is 0.0218. The second-order valence-corrected chi connectivity index (χ2v) is 8.90. The number of hydrogen-bond donors (Lipinski definition) is 6. The lowest BCUT2D eigenvalue weighted by molar-refractivity contribution is -0.185. The van der Waals surface area contributed by atoms with Gasteiger partial charge in [-0.3, -0.25) is 20.3 Å². The van der Waals surface area contributed by atoms with E-state index in [0.29, 0.717) is 31.5 Å². The molecule has 1 aliphatic heterocycles. The third kappa shape index (κ3) is 7.85. The summed E-state index contributed by atoms with van der Waals surface area (Å²) in [4.78, 5) is 50.7. The van der Waals surface area contributed by atoms with E-state index in [9.17, 15) is 29.4 Å². The van der Waals surface area contributed by atoms with E-state index in [1.54, 1.807) is 19.1 Å². The molecule has 2 amide bonds. The number of carbonyl (C=O) groups excluding carboxylic acids is 3. The Balaban J connectivity index is 1.80. The molecule has 12 heteroatoms. The van der Waals surface area contributed by atoms with Crippen LogP contribution in [0.2, 0.25) is 0 Å². The number of hydrogen-bond acceptors (Lipinski definition) is 9. The average molecular weight is 541 g/mol. The summed E-state index contributed by atoms with van der Waals surface area (Å²) in [6, 6.07) is 11.6. The molecule has 208 valence electrons. The zero-order valence-corrected chi connectivity index (χ0v) is 21.5. The van der Waals surface area contributed by atoms with Crippen LogP contribution in [0.25, 0.3) is 0 Å². The minimum Gasteiger partial charge on any atom is -0.508 e. The molecule has 1 aliphatic rings. The molecule has 1 atom stereocenters. The molecule has 39 heavy (non-hydrogen) atoms. The zero-order chi connectivity index (χ0) is 28.4. The summed E-state index contributed by atoms with van der Waals surface area (Å²) in [7, 11) is 0. The average Bonchev–Trinajstić information content (AvgIpc) is 2.92. The fourth-order valence-electron chi connectivity index (χ4n) is 4.01. The molecule has 1 saturated heterocycles. The summed E-state index contributed by atoms with van der Waals surface area (Å²) < 4.78 is 10.6. The molecule has 6 N–H and O–H groups in total. The Morgan fingerprint density at radius 1 is 1.03 bits per heavy atom. The van der Waals surface area contributed by atoms with Crippen LogP contribution in [0.15, 0.2) is 48.5 Å². The van der Waals surface area contributed by atoms with Gasteiger partial charge in [-0.25, -0.2) is 9.59 Å². The fraction of sp³-hybridized carbons (Fsp3) is 0.370. The highest BCUT2D eigenvalue weighted by Gasteiger charge is 2.50. The zero-order valence-electron chi connectivity index (χ0n) is 21.5. The van der Waals surface area contributed by atoms with Gasteiger partial charge in [-0.05, 0) is 69.1 Å². The van der Waals surface area contributed by atoms with Gasteiger partial charge in [0.25, 0.3) is 5.91 Å². The van der Waals surface area contributed by atoms with Crippen molar-refractivity contribution >= 4 is 29.6 Å². The lowest BCUT2D eigenvalue weighted by Crippen LogP contribution is -2.63. The lowest BCUT2D eigenvalue weighted by Gasteiger charge is -2.34. The normalized spacial score (nSPS) is 15.0. The van der Waals surface area contributed by atoms with Crippen molar-refractivity contribution in [1.82, 2.24) is 16.0 Å². The van der Waals surface area contributed by atoms with Gasteiger partial charge in [0.15, 0.2) is 5.78 Å². The van der Waals surface area contributed by atoms with Crippen LogP contribution in [0.4, 0.5) is 4.79 Å². The Hall–Kier alpha value is -4.29. The molecular formula is C27H32N4O8. The minimum atomic E-state index is -2.62. The Morgan fingerprint density at radius 2 is 1.64 bits per heavy atom. The van der Waals surface area contributed by atoms with Gasteiger partial charge in [0.05, 0.1) is 12.7 Å². The van der Waals surface area contributed by atoms with Crippen LogP contribution in [0.5, 0.6) is 5.75 Å². The molecule has 2 aromatic carbocycles. The van der Waals surface area contributed by atoms with E-state index in [2.05, 4.69) is 16.0 Å². The monoisotopic (exact) mass is 540 g/mol. The van der Waals surface area contributed by atoms with Crippen LogP contribution < -0.4 is 16.0 Å². The number of phenols is 1. The second-order valence-electron chi connectivity index (χ2n) is 8.90. The van der Waals surface area contributed by atoms with E-state index < -0.39 is 35.6 Å². The molecule has 1 fully saturated rings. The molecule has 0 aromatic heterocycles. The molecule has 1 heterocycles. The number of carboxylic acids is 1. The number of Topliss-reactive ketones (excluding diaryl/α,β-unsaturated/α-hetero) is 1. The van der Waals surface area contributed by atoms with E-state index in [0.717, 1.165) is 0 Å². The quantitative estimate of drug-likeness (QED) is 0.107. The number of aliphatic carboxylic acids is 1. The molecule has 3 rings (SSSR count). The SMILES string of the molecule is CCOC(=O)NC(=N)c1ccc(C(=O)NC(OC2CCNCC2)(C(=O)O)C(=O)CCc2ccc(O)cc2)cc1. The van der Waals surface area contributed by atoms with Crippen molar-refractivity contribution in [2.45, 2.75) is 44.4 Å². The largest absolute Gasteiger partial charge is 0.508 e. The van der Waals surface area contributed by atoms with Gasteiger partial charge in [-0.15, -0.1) is 0 Å². The Labute approximate surface area is 225 Å². The van der Waals surface area contributed by atoms with E-state index in [1.165, 1.54) is 36.4 Å². The standard InChI is InChI=1S/C27H32N4O8/c1-2-38-26(37)30-23(28)18-6-8-19(9-7-18)24(34)31-27(25(35)36,39-21-13-15-29-16-14-21)22(33)12-5-17-3-10-20(32)11-4-17/h3-4,6-11,21,29,32H,2,5,12-16H2,1H3,(H,31,34)(H,35,36)(H2,28,30,37). The number of aromatic hydroxyl groups is 1. The number of amides is 2. The molecule has 2 aromatic rings. The van der Waals surface area contributed by atoms with Crippen LogP contribution in [0.1, 0.15) is 47.7 Å². The molecule has 12 nitrogen and oxygen atoms in total. The number of benzene rings is 2. The number of nitrogens with one attached hydrogen (secondary N) is 4. The molecular weight excluding hydrogens is 508 g/mol. The lowest BCUT2D eigenvalue weighted by atomic mass is 9.98. The molecule has 1 unspecified atom stereocenters. The Morgan fingerprint density at radius 3 is 2.23 bits per heavy atom. The van der Waals surface area contributed by atoms with Crippen molar-refractivity contribution in [2.75, 3.05) is 19.7 Å². The van der Waals surface area contributed by atoms with Gasteiger partial charge in [-0.1, -0.05) is 24.3 Å². The van der Waals surface area contributed by atoms with Crippen molar-refractivity contribution in [3.05, 3.63) is 65.2 Å². The first kappa shape index (κ1) is 29.3. The maximum atomic E-state index is 13.4. The third-order valence-corrected chi connectivity index (χ3v) is 6.13. The highest BCUT2D eigenvalue weighted by Crippen LogP contribution is 2.22. The first-order valence-electron chi connectivity index (χ1n) is 12.5. The predicted octanol–water partition coefficient (Wildman–Crippen LogP) is 1.94. The maximum Gasteiger partial charge on any atom is 0.412 e. The highest BCUT2D eigenvalue weighted by molar-refractivity contribution is 6.11. The number of ketones is 1. The number of amidine groups is 1. The number of carboxylic acid groups (broad SMARTS) is 1. The summed E-state index contributed by atoms with van der Waals surface area (Å²) >= 11 is 0. The third-order valence-electron chi connectivity index (χ3n) is 6.13. The van der Waals surface area contributed by atoms with E-state index in [1.807, 2.05) is 0 Å². The van der Waals surface area contributed by atoms with Crippen LogP contribution in [0.3, 0.4) is 0 Å². The summed E-state index contributed by atoms with van der Waals surface area (Å²) in [6.45, 7) is 2.91. The van der Waals surface area contributed by atoms with Crippen molar-refractivity contribution < 1.29 is 38.9 Å². The topological polar surface area (TPSA) is 187 Å². The number of phenolic OH excluding ortho intramolecular Hbond substituents is 1. The second kappa shape index (κ2) is 13.5. The number of alkyl carbamates (subject to hydrolysis) is 1. The summed E-state index contributed by atoms with van der Waals surface area (Å²) in [6.07, 6.45) is -0.517. The smallest absolute Gasteiger partial charge is 0.412 e. The summed E-state index contributed by atoms with van der Waals surface area (Å²) in [5, 5.41) is 35.4. The summed E-state index contributed by atoms with van der Waals surface area (Å²) in [5.41, 5.74) is -1.62. The van der Waals surface area contributed by atoms with Crippen molar-refractivity contribution in [1.29, 1.82) is 5.41 Å². The molecule has 0 bridgehead atoms. The molecule has 0 radical (unpaired) electrons. The molecule has 0 spiro atoms. The first-order valence-corrected chi connectivity index (χ1v) is 12.5. The van der Waals surface area contributed by atoms with Crippen molar-refractivity contribution in [2.24, 2.45) is 0 Å².